The number of piperidine rings is 1. The molecule has 4 rings (SSSR count). The smallest absolute Gasteiger partial charge is 0.317 e. The summed E-state index contributed by atoms with van der Waals surface area (Å²) in [5.41, 5.74) is 2.09. The predicted molar refractivity (Wildman–Crippen MR) is 112 cm³/mol. The van der Waals surface area contributed by atoms with Crippen LogP contribution in [-0.4, -0.2) is 29.1 Å². The predicted octanol–water partition coefficient (Wildman–Crippen LogP) is 4.50. The Hall–Kier alpha value is -2.85. The Morgan fingerprint density at radius 2 is 1.64 bits per heavy atom. The van der Waals surface area contributed by atoms with Crippen molar-refractivity contribution in [2.45, 2.75) is 25.5 Å². The van der Waals surface area contributed by atoms with Crippen LogP contribution in [0.5, 0.6) is 0 Å². The van der Waals surface area contributed by atoms with Gasteiger partial charge in [0.25, 0.3) is 0 Å². The molecule has 2 amide bonds. The first-order chi connectivity index (χ1) is 13.7. The number of fused-ring (bicyclic) bond motifs is 1. The number of hydrogen-bond donors (Lipinski definition) is 2. The fourth-order valence-corrected chi connectivity index (χ4v) is 4.07. The van der Waals surface area contributed by atoms with Crippen molar-refractivity contribution in [3.05, 3.63) is 83.9 Å². The molecule has 28 heavy (non-hydrogen) atoms. The number of nitrogens with one attached hydrogen (secondary N) is 1. The van der Waals surface area contributed by atoms with E-state index in [2.05, 4.69) is 29.6 Å². The molecular weight excluding hydrogens is 348 g/mol. The Morgan fingerprint density at radius 1 is 0.964 bits per heavy atom. The minimum Gasteiger partial charge on any atom is -0.388 e. The van der Waals surface area contributed by atoms with Crippen molar-refractivity contribution in [1.29, 1.82) is 0 Å². The maximum atomic E-state index is 12.6. The van der Waals surface area contributed by atoms with Gasteiger partial charge in [-0.15, -0.1) is 0 Å². The van der Waals surface area contributed by atoms with Crippen molar-refractivity contribution in [3.8, 4) is 0 Å². The molecule has 4 heteroatoms. The van der Waals surface area contributed by atoms with Crippen LogP contribution in [-0.2, 0) is 6.54 Å². The molecule has 0 spiro atoms. The lowest BCUT2D eigenvalue weighted by Crippen LogP contribution is -2.44. The van der Waals surface area contributed by atoms with Crippen LogP contribution >= 0.6 is 0 Å². The molecular formula is C24H26N2O2. The average molecular weight is 374 g/mol. The van der Waals surface area contributed by atoms with Crippen molar-refractivity contribution in [2.24, 2.45) is 5.92 Å². The first kappa shape index (κ1) is 18.5. The summed E-state index contributed by atoms with van der Waals surface area (Å²) in [5.74, 6) is 0.199. The molecule has 1 aliphatic heterocycles. The second-order valence-corrected chi connectivity index (χ2v) is 7.48. The summed E-state index contributed by atoms with van der Waals surface area (Å²) >= 11 is 0. The molecule has 1 atom stereocenters. The number of benzene rings is 3. The monoisotopic (exact) mass is 374 g/mol. The summed E-state index contributed by atoms with van der Waals surface area (Å²) in [6.45, 7) is 1.87. The van der Waals surface area contributed by atoms with E-state index in [0.29, 0.717) is 19.6 Å². The Labute approximate surface area is 165 Å². The van der Waals surface area contributed by atoms with Crippen LogP contribution in [0.2, 0.25) is 0 Å². The summed E-state index contributed by atoms with van der Waals surface area (Å²) in [7, 11) is 0. The van der Waals surface area contributed by atoms with E-state index < -0.39 is 6.10 Å². The summed E-state index contributed by atoms with van der Waals surface area (Å²) < 4.78 is 0. The van der Waals surface area contributed by atoms with Gasteiger partial charge in [0, 0.05) is 19.6 Å². The Kier molecular flexibility index (Phi) is 5.58. The number of aliphatic hydroxyl groups excluding tert-OH is 1. The summed E-state index contributed by atoms with van der Waals surface area (Å²) in [6, 6.07) is 24.2. The maximum Gasteiger partial charge on any atom is 0.317 e. The number of rotatable bonds is 4. The molecule has 0 aliphatic carbocycles. The normalized spacial score (nSPS) is 16.1. The first-order valence-corrected chi connectivity index (χ1v) is 9.95. The molecule has 4 nitrogen and oxygen atoms in total. The molecule has 3 aromatic rings. The fraction of sp³-hybridized carbons (Fsp3) is 0.292. The number of urea groups is 1. The van der Waals surface area contributed by atoms with Crippen LogP contribution in [0.4, 0.5) is 4.79 Å². The van der Waals surface area contributed by atoms with Gasteiger partial charge in [-0.3, -0.25) is 0 Å². The largest absolute Gasteiger partial charge is 0.388 e. The molecule has 0 bridgehead atoms. The number of likely N-dealkylation sites (tertiary alicyclic amines) is 1. The van der Waals surface area contributed by atoms with Gasteiger partial charge in [-0.05, 0) is 40.7 Å². The molecule has 0 radical (unpaired) electrons. The van der Waals surface area contributed by atoms with Gasteiger partial charge in [0.1, 0.15) is 0 Å². The molecule has 3 aromatic carbocycles. The highest BCUT2D eigenvalue weighted by Crippen LogP contribution is 2.30. The van der Waals surface area contributed by atoms with Crippen LogP contribution in [0.1, 0.15) is 30.1 Å². The van der Waals surface area contributed by atoms with Gasteiger partial charge in [0.15, 0.2) is 0 Å². The minimum atomic E-state index is -0.456. The number of carbonyl (C=O) groups excluding carboxylic acids is 1. The molecule has 1 unspecified atom stereocenters. The summed E-state index contributed by atoms with van der Waals surface area (Å²) in [5, 5.41) is 16.0. The van der Waals surface area contributed by atoms with Crippen molar-refractivity contribution in [3.63, 3.8) is 0 Å². The van der Waals surface area contributed by atoms with Crippen LogP contribution in [0.15, 0.2) is 72.8 Å². The number of amides is 2. The third-order valence-electron chi connectivity index (χ3n) is 5.72. The zero-order valence-corrected chi connectivity index (χ0v) is 15.9. The van der Waals surface area contributed by atoms with Crippen LogP contribution < -0.4 is 5.32 Å². The number of aliphatic hydroxyl groups is 1. The van der Waals surface area contributed by atoms with Crippen molar-refractivity contribution < 1.29 is 9.90 Å². The Morgan fingerprint density at radius 3 is 2.43 bits per heavy atom. The second-order valence-electron chi connectivity index (χ2n) is 7.48. The van der Waals surface area contributed by atoms with E-state index in [1.165, 1.54) is 10.8 Å². The molecule has 2 N–H and O–H groups in total. The third-order valence-corrected chi connectivity index (χ3v) is 5.72. The molecule has 1 aliphatic rings. The van der Waals surface area contributed by atoms with E-state index in [1.807, 2.05) is 53.4 Å². The lowest BCUT2D eigenvalue weighted by Gasteiger charge is -2.34. The average Bonchev–Trinajstić information content (AvgIpc) is 2.77. The number of hydrogen-bond acceptors (Lipinski definition) is 2. The third kappa shape index (κ3) is 4.02. The second kappa shape index (κ2) is 8.44. The highest BCUT2D eigenvalue weighted by molar-refractivity contribution is 5.86. The van der Waals surface area contributed by atoms with Gasteiger partial charge < -0.3 is 15.3 Å². The van der Waals surface area contributed by atoms with Crippen molar-refractivity contribution >= 4 is 16.8 Å². The van der Waals surface area contributed by atoms with E-state index in [1.54, 1.807) is 0 Å². The lowest BCUT2D eigenvalue weighted by atomic mass is 9.87. The SMILES string of the molecule is O=C(NCc1cccc2ccccc12)N1CCC(C(O)c2ccccc2)CC1. The van der Waals surface area contributed by atoms with Gasteiger partial charge in [-0.1, -0.05) is 72.8 Å². The van der Waals surface area contributed by atoms with Gasteiger partial charge >= 0.3 is 6.03 Å². The standard InChI is InChI=1S/C24H26N2O2/c27-23(19-8-2-1-3-9-19)20-13-15-26(16-14-20)24(28)25-17-21-11-6-10-18-7-4-5-12-22(18)21/h1-12,20,23,27H,13-17H2,(H,25,28). The van der Waals surface area contributed by atoms with Gasteiger partial charge in [0.2, 0.25) is 0 Å². The zero-order valence-electron chi connectivity index (χ0n) is 15.9. The zero-order chi connectivity index (χ0) is 19.3. The molecule has 144 valence electrons. The highest BCUT2D eigenvalue weighted by Gasteiger charge is 2.28. The van der Waals surface area contributed by atoms with Crippen LogP contribution in [0.3, 0.4) is 0 Å². The lowest BCUT2D eigenvalue weighted by molar-refractivity contribution is 0.0665. The quantitative estimate of drug-likeness (QED) is 0.707. The summed E-state index contributed by atoms with van der Waals surface area (Å²) in [4.78, 5) is 14.5. The van der Waals surface area contributed by atoms with E-state index in [0.717, 1.165) is 24.0 Å². The first-order valence-electron chi connectivity index (χ1n) is 9.95. The molecule has 1 heterocycles. The topological polar surface area (TPSA) is 52.6 Å². The maximum absolute atomic E-state index is 12.6. The van der Waals surface area contributed by atoms with Gasteiger partial charge in [0.05, 0.1) is 6.10 Å². The van der Waals surface area contributed by atoms with Crippen molar-refractivity contribution in [1.82, 2.24) is 10.2 Å². The Balaban J connectivity index is 1.32. The Bertz CT molecular complexity index is 928. The van der Waals surface area contributed by atoms with Crippen molar-refractivity contribution in [2.75, 3.05) is 13.1 Å². The van der Waals surface area contributed by atoms with Crippen LogP contribution in [0.25, 0.3) is 10.8 Å². The highest BCUT2D eigenvalue weighted by atomic mass is 16.3. The molecule has 0 saturated carbocycles. The number of nitrogens with zero attached hydrogens (tertiary/aromatic N) is 1. The van der Waals surface area contributed by atoms with E-state index in [9.17, 15) is 9.90 Å². The van der Waals surface area contributed by atoms with Gasteiger partial charge in [-0.2, -0.15) is 0 Å². The van der Waals surface area contributed by atoms with Crippen LogP contribution in [0, 0.1) is 5.92 Å². The van der Waals surface area contributed by atoms with E-state index in [4.69, 9.17) is 0 Å². The van der Waals surface area contributed by atoms with Gasteiger partial charge in [-0.25, -0.2) is 4.79 Å². The number of carbonyl (C=O) groups is 1. The minimum absolute atomic E-state index is 0.0272. The fourth-order valence-electron chi connectivity index (χ4n) is 4.07. The molecule has 1 fully saturated rings. The molecule has 1 saturated heterocycles. The van der Waals surface area contributed by atoms with E-state index >= 15 is 0 Å². The molecule has 0 aromatic heterocycles. The van der Waals surface area contributed by atoms with E-state index in [-0.39, 0.29) is 11.9 Å². The summed E-state index contributed by atoms with van der Waals surface area (Å²) in [6.07, 6.45) is 1.18.